The summed E-state index contributed by atoms with van der Waals surface area (Å²) in [6.45, 7) is 0. The average Bonchev–Trinajstić information content (AvgIpc) is 2.40. The summed E-state index contributed by atoms with van der Waals surface area (Å²) < 4.78 is 22.2. The molecule has 22 heavy (non-hydrogen) atoms. The number of hydrogen-bond donors (Lipinski definition) is 3. The van der Waals surface area contributed by atoms with Gasteiger partial charge in [-0.15, -0.1) is 0 Å². The number of nitrogens with one attached hydrogen (secondary N) is 1. The lowest BCUT2D eigenvalue weighted by molar-refractivity contribution is -0.117. The predicted octanol–water partition coefficient (Wildman–Crippen LogP) is 1.32. The van der Waals surface area contributed by atoms with Crippen molar-refractivity contribution in [3.05, 3.63) is 29.8 Å². The molecule has 2 rings (SSSR count). The van der Waals surface area contributed by atoms with Crippen molar-refractivity contribution in [3.8, 4) is 0 Å². The Hall–Kier alpha value is -1.44. The maximum atomic E-state index is 12.1. The largest absolute Gasteiger partial charge is 0.327 e. The fraction of sp³-hybridized carbons (Fsp3) is 0.533. The normalized spacial score (nSPS) is 22.3. The number of primary sulfonamides is 1. The zero-order chi connectivity index (χ0) is 16.2. The van der Waals surface area contributed by atoms with Gasteiger partial charge >= 0.3 is 0 Å². The molecule has 0 spiro atoms. The molecule has 1 fully saturated rings. The second-order valence-corrected chi connectivity index (χ2v) is 7.58. The lowest BCUT2D eigenvalue weighted by atomic mass is 9.83. The average molecular weight is 325 g/mol. The Morgan fingerprint density at radius 3 is 2.68 bits per heavy atom. The zero-order valence-electron chi connectivity index (χ0n) is 12.5. The van der Waals surface area contributed by atoms with Crippen LogP contribution in [0.3, 0.4) is 0 Å². The second-order valence-electron chi connectivity index (χ2n) is 5.97. The first kappa shape index (κ1) is 16.9. The molecule has 7 heteroatoms. The van der Waals surface area contributed by atoms with Gasteiger partial charge in [-0.1, -0.05) is 25.0 Å². The number of anilines is 1. The van der Waals surface area contributed by atoms with Gasteiger partial charge in [-0.2, -0.15) is 0 Å². The SMILES string of the molecule is N[C@@H]1CCCC[C@@H]1CC(=O)Nc1cccc(CS(N)(=O)=O)c1. The van der Waals surface area contributed by atoms with Crippen molar-refractivity contribution < 1.29 is 13.2 Å². The summed E-state index contributed by atoms with van der Waals surface area (Å²) in [4.78, 5) is 12.1. The summed E-state index contributed by atoms with van der Waals surface area (Å²) in [5, 5.41) is 7.83. The molecule has 6 nitrogen and oxygen atoms in total. The third-order valence-electron chi connectivity index (χ3n) is 3.99. The Labute approximate surface area is 131 Å². The molecule has 1 aromatic rings. The van der Waals surface area contributed by atoms with Crippen LogP contribution < -0.4 is 16.2 Å². The van der Waals surface area contributed by atoms with Crippen LogP contribution in [0, 0.1) is 5.92 Å². The van der Waals surface area contributed by atoms with Crippen LogP contribution in [0.5, 0.6) is 0 Å². The van der Waals surface area contributed by atoms with Crippen LogP contribution in [0.4, 0.5) is 5.69 Å². The van der Waals surface area contributed by atoms with E-state index in [0.29, 0.717) is 17.7 Å². The molecule has 0 unspecified atom stereocenters. The lowest BCUT2D eigenvalue weighted by Gasteiger charge is -2.27. The highest BCUT2D eigenvalue weighted by atomic mass is 32.2. The molecule has 1 aromatic carbocycles. The third-order valence-corrected chi connectivity index (χ3v) is 4.73. The van der Waals surface area contributed by atoms with E-state index in [9.17, 15) is 13.2 Å². The quantitative estimate of drug-likeness (QED) is 0.757. The van der Waals surface area contributed by atoms with Crippen molar-refractivity contribution in [2.24, 2.45) is 16.8 Å². The van der Waals surface area contributed by atoms with Crippen molar-refractivity contribution in [1.29, 1.82) is 0 Å². The molecule has 122 valence electrons. The highest BCUT2D eigenvalue weighted by molar-refractivity contribution is 7.88. The first-order valence-electron chi connectivity index (χ1n) is 7.48. The van der Waals surface area contributed by atoms with Crippen molar-refractivity contribution >= 4 is 21.6 Å². The number of sulfonamides is 1. The number of carbonyl (C=O) groups is 1. The fourth-order valence-electron chi connectivity index (χ4n) is 2.91. The van der Waals surface area contributed by atoms with E-state index in [1.165, 1.54) is 0 Å². The first-order valence-corrected chi connectivity index (χ1v) is 9.20. The van der Waals surface area contributed by atoms with E-state index >= 15 is 0 Å². The maximum absolute atomic E-state index is 12.1. The molecule has 0 heterocycles. The molecule has 0 bridgehead atoms. The minimum Gasteiger partial charge on any atom is -0.327 e. The van der Waals surface area contributed by atoms with E-state index in [1.807, 2.05) is 0 Å². The van der Waals surface area contributed by atoms with E-state index < -0.39 is 10.0 Å². The molecule has 2 atom stereocenters. The molecule has 5 N–H and O–H groups in total. The molecule has 0 aliphatic heterocycles. The van der Waals surface area contributed by atoms with Gasteiger partial charge in [-0.3, -0.25) is 4.79 Å². The van der Waals surface area contributed by atoms with Crippen LogP contribution in [-0.4, -0.2) is 20.4 Å². The molecule has 1 aliphatic carbocycles. The van der Waals surface area contributed by atoms with Crippen LogP contribution in [0.1, 0.15) is 37.7 Å². The van der Waals surface area contributed by atoms with E-state index in [2.05, 4.69) is 5.32 Å². The smallest absolute Gasteiger partial charge is 0.224 e. The number of rotatable bonds is 5. The van der Waals surface area contributed by atoms with Crippen molar-refractivity contribution in [2.75, 3.05) is 5.32 Å². The number of amides is 1. The van der Waals surface area contributed by atoms with Crippen LogP contribution in [-0.2, 0) is 20.6 Å². The Morgan fingerprint density at radius 2 is 2.00 bits per heavy atom. The van der Waals surface area contributed by atoms with E-state index in [1.54, 1.807) is 24.3 Å². The van der Waals surface area contributed by atoms with Crippen molar-refractivity contribution in [1.82, 2.24) is 0 Å². The zero-order valence-corrected chi connectivity index (χ0v) is 13.3. The lowest BCUT2D eigenvalue weighted by Crippen LogP contribution is -2.35. The second kappa shape index (κ2) is 7.21. The van der Waals surface area contributed by atoms with Gasteiger partial charge in [0.15, 0.2) is 0 Å². The highest BCUT2D eigenvalue weighted by Gasteiger charge is 2.24. The minimum absolute atomic E-state index is 0.0879. The predicted molar refractivity (Wildman–Crippen MR) is 86.4 cm³/mol. The van der Waals surface area contributed by atoms with E-state index in [0.717, 1.165) is 25.7 Å². The maximum Gasteiger partial charge on any atom is 0.224 e. The highest BCUT2D eigenvalue weighted by Crippen LogP contribution is 2.26. The van der Waals surface area contributed by atoms with Crippen LogP contribution in [0.15, 0.2) is 24.3 Å². The van der Waals surface area contributed by atoms with Gasteiger partial charge in [0, 0.05) is 18.2 Å². The number of carbonyl (C=O) groups excluding carboxylic acids is 1. The van der Waals surface area contributed by atoms with Gasteiger partial charge in [0.1, 0.15) is 0 Å². The van der Waals surface area contributed by atoms with Crippen LogP contribution in [0.2, 0.25) is 0 Å². The van der Waals surface area contributed by atoms with E-state index in [-0.39, 0.29) is 23.6 Å². The van der Waals surface area contributed by atoms with Crippen molar-refractivity contribution in [2.45, 2.75) is 43.9 Å². The minimum atomic E-state index is -3.58. The number of benzene rings is 1. The summed E-state index contributed by atoms with van der Waals surface area (Å²) in [5.41, 5.74) is 7.18. The molecule has 0 aromatic heterocycles. The van der Waals surface area contributed by atoms with Crippen LogP contribution in [0.25, 0.3) is 0 Å². The number of nitrogens with two attached hydrogens (primary N) is 2. The Kier molecular flexibility index (Phi) is 5.55. The van der Waals surface area contributed by atoms with Gasteiger partial charge in [0.2, 0.25) is 15.9 Å². The van der Waals surface area contributed by atoms with Gasteiger partial charge in [0.25, 0.3) is 0 Å². The summed E-state index contributed by atoms with van der Waals surface area (Å²) in [6, 6.07) is 6.81. The van der Waals surface area contributed by atoms with Crippen molar-refractivity contribution in [3.63, 3.8) is 0 Å². The molecule has 1 aliphatic rings. The van der Waals surface area contributed by atoms with Gasteiger partial charge in [-0.05, 0) is 36.5 Å². The standard InChI is InChI=1S/C15H23N3O3S/c16-14-7-2-1-5-12(14)9-15(19)18-13-6-3-4-11(8-13)10-22(17,20)21/h3-4,6,8,12,14H,1-2,5,7,9-10,16H2,(H,18,19)(H2,17,20,21)/t12-,14-/m1/s1. The van der Waals surface area contributed by atoms with Gasteiger partial charge in [-0.25, -0.2) is 13.6 Å². The topological polar surface area (TPSA) is 115 Å². The van der Waals surface area contributed by atoms with Gasteiger partial charge < -0.3 is 11.1 Å². The van der Waals surface area contributed by atoms with E-state index in [4.69, 9.17) is 10.9 Å². The molecule has 0 radical (unpaired) electrons. The Morgan fingerprint density at radius 1 is 1.27 bits per heavy atom. The summed E-state index contributed by atoms with van der Waals surface area (Å²) >= 11 is 0. The molecule has 1 saturated carbocycles. The monoisotopic (exact) mass is 325 g/mol. The number of hydrogen-bond acceptors (Lipinski definition) is 4. The first-order chi connectivity index (χ1) is 10.3. The molecule has 0 saturated heterocycles. The third kappa shape index (κ3) is 5.40. The molecular formula is C15H23N3O3S. The van der Waals surface area contributed by atoms with Crippen LogP contribution >= 0.6 is 0 Å². The summed E-state index contributed by atoms with van der Waals surface area (Å²) in [6.07, 6.45) is 4.62. The van der Waals surface area contributed by atoms with Gasteiger partial charge in [0.05, 0.1) is 5.75 Å². The molecule has 1 amide bonds. The summed E-state index contributed by atoms with van der Waals surface area (Å²) in [7, 11) is -3.58. The Bertz CT molecular complexity index is 631. The summed E-state index contributed by atoms with van der Waals surface area (Å²) in [5.74, 6) is -0.110. The molecular weight excluding hydrogens is 302 g/mol. The Balaban J connectivity index is 1.95. The fourth-order valence-corrected chi connectivity index (χ4v) is 3.56.